The van der Waals surface area contributed by atoms with Crippen LogP contribution in [0.1, 0.15) is 5.56 Å². The van der Waals surface area contributed by atoms with E-state index >= 15 is 0 Å². The minimum atomic E-state index is 0.451. The predicted molar refractivity (Wildman–Crippen MR) is 86.6 cm³/mol. The molecule has 21 heavy (non-hydrogen) atoms. The fourth-order valence-corrected chi connectivity index (χ4v) is 2.56. The van der Waals surface area contributed by atoms with Crippen LogP contribution in [0.25, 0.3) is 17.1 Å². The number of benzene rings is 2. The van der Waals surface area contributed by atoms with Gasteiger partial charge in [0.25, 0.3) is 0 Å². The molecule has 3 aromatic rings. The number of hydrogen-bond acceptors (Lipinski definition) is 2. The topological polar surface area (TPSA) is 30.7 Å². The maximum atomic E-state index is 6.26. The van der Waals surface area contributed by atoms with Crippen LogP contribution in [-0.4, -0.2) is 14.8 Å². The molecule has 0 aliphatic heterocycles. The molecule has 0 aliphatic carbocycles. The predicted octanol–water partition coefficient (Wildman–Crippen LogP) is 5.20. The Balaban J connectivity index is 2.17. The molecule has 0 N–H and O–H groups in total. The highest BCUT2D eigenvalue weighted by atomic mass is 35.5. The molecule has 0 spiro atoms. The third-order valence-electron chi connectivity index (χ3n) is 3.14. The molecule has 3 rings (SSSR count). The zero-order valence-electron chi connectivity index (χ0n) is 11.0. The summed E-state index contributed by atoms with van der Waals surface area (Å²) < 4.78 is 1.68. The SMILES string of the molecule is Cc1ccc(-n2ncnc2-c2cccc(Cl)c2Cl)cc1Cl. The average molecular weight is 339 g/mol. The summed E-state index contributed by atoms with van der Waals surface area (Å²) in [5.41, 5.74) is 2.54. The minimum absolute atomic E-state index is 0.451. The molecule has 0 unspecified atom stereocenters. The van der Waals surface area contributed by atoms with Crippen molar-refractivity contribution in [2.45, 2.75) is 6.92 Å². The molecule has 2 aromatic carbocycles. The summed E-state index contributed by atoms with van der Waals surface area (Å²) in [4.78, 5) is 4.28. The molecule has 0 bridgehead atoms. The number of aryl methyl sites for hydroxylation is 1. The molecule has 3 nitrogen and oxygen atoms in total. The van der Waals surface area contributed by atoms with Crippen molar-refractivity contribution in [2.24, 2.45) is 0 Å². The van der Waals surface area contributed by atoms with Crippen LogP contribution < -0.4 is 0 Å². The van der Waals surface area contributed by atoms with Gasteiger partial charge in [0.1, 0.15) is 6.33 Å². The van der Waals surface area contributed by atoms with Crippen LogP contribution in [0.2, 0.25) is 15.1 Å². The van der Waals surface area contributed by atoms with E-state index in [1.54, 1.807) is 10.7 Å². The van der Waals surface area contributed by atoms with E-state index in [0.29, 0.717) is 20.9 Å². The first kappa shape index (κ1) is 14.4. The molecule has 106 valence electrons. The largest absolute Gasteiger partial charge is 0.215 e. The maximum absolute atomic E-state index is 6.26. The number of rotatable bonds is 2. The van der Waals surface area contributed by atoms with E-state index in [0.717, 1.165) is 16.8 Å². The van der Waals surface area contributed by atoms with Crippen molar-refractivity contribution >= 4 is 34.8 Å². The lowest BCUT2D eigenvalue weighted by Crippen LogP contribution is -2.00. The second-order valence-electron chi connectivity index (χ2n) is 4.53. The lowest BCUT2D eigenvalue weighted by atomic mass is 10.2. The molecule has 1 aromatic heterocycles. The van der Waals surface area contributed by atoms with Crippen LogP contribution in [0.3, 0.4) is 0 Å². The van der Waals surface area contributed by atoms with Crippen molar-refractivity contribution in [1.82, 2.24) is 14.8 Å². The molecule has 0 fully saturated rings. The van der Waals surface area contributed by atoms with Gasteiger partial charge in [-0.25, -0.2) is 9.67 Å². The van der Waals surface area contributed by atoms with E-state index < -0.39 is 0 Å². The summed E-state index contributed by atoms with van der Waals surface area (Å²) in [6.07, 6.45) is 1.47. The van der Waals surface area contributed by atoms with Crippen LogP contribution in [0, 0.1) is 6.92 Å². The standard InChI is InChI=1S/C15H10Cl3N3/c1-9-5-6-10(7-13(9)17)21-15(19-8-20-21)11-3-2-4-12(16)14(11)18/h2-8H,1H3. The third kappa shape index (κ3) is 2.64. The van der Waals surface area contributed by atoms with Gasteiger partial charge in [0.15, 0.2) is 5.82 Å². The van der Waals surface area contributed by atoms with Crippen LogP contribution in [0.4, 0.5) is 0 Å². The molecule has 0 atom stereocenters. The molecule has 0 saturated heterocycles. The van der Waals surface area contributed by atoms with Gasteiger partial charge < -0.3 is 0 Å². The van der Waals surface area contributed by atoms with Gasteiger partial charge in [-0.2, -0.15) is 5.10 Å². The van der Waals surface area contributed by atoms with Crippen LogP contribution in [-0.2, 0) is 0 Å². The van der Waals surface area contributed by atoms with Gasteiger partial charge in [0.05, 0.1) is 15.7 Å². The maximum Gasteiger partial charge on any atom is 0.164 e. The van der Waals surface area contributed by atoms with Gasteiger partial charge in [0, 0.05) is 10.6 Å². The first-order valence-electron chi connectivity index (χ1n) is 6.19. The molecule has 0 saturated carbocycles. The van der Waals surface area contributed by atoms with Crippen LogP contribution >= 0.6 is 34.8 Å². The average Bonchev–Trinajstić information content (AvgIpc) is 2.94. The molecule has 1 heterocycles. The number of halogens is 3. The first-order valence-corrected chi connectivity index (χ1v) is 7.32. The second-order valence-corrected chi connectivity index (χ2v) is 5.72. The van der Waals surface area contributed by atoms with Crippen molar-refractivity contribution in [3.05, 3.63) is 63.4 Å². The zero-order valence-corrected chi connectivity index (χ0v) is 13.3. The summed E-state index contributed by atoms with van der Waals surface area (Å²) in [6.45, 7) is 1.95. The Labute approximate surface area is 137 Å². The Hall–Kier alpha value is -1.55. The highest BCUT2D eigenvalue weighted by Crippen LogP contribution is 2.33. The van der Waals surface area contributed by atoms with Crippen molar-refractivity contribution in [1.29, 1.82) is 0 Å². The molecule has 6 heteroatoms. The van der Waals surface area contributed by atoms with Gasteiger partial charge in [-0.15, -0.1) is 0 Å². The Bertz CT molecular complexity index is 812. The van der Waals surface area contributed by atoms with Gasteiger partial charge >= 0.3 is 0 Å². The quantitative estimate of drug-likeness (QED) is 0.642. The van der Waals surface area contributed by atoms with Crippen LogP contribution in [0.5, 0.6) is 0 Å². The molecule has 0 amide bonds. The van der Waals surface area contributed by atoms with E-state index in [4.69, 9.17) is 34.8 Å². The summed E-state index contributed by atoms with van der Waals surface area (Å²) >= 11 is 18.5. The normalized spacial score (nSPS) is 10.9. The van der Waals surface area contributed by atoms with Gasteiger partial charge in [-0.1, -0.05) is 46.9 Å². The van der Waals surface area contributed by atoms with Crippen LogP contribution in [0.15, 0.2) is 42.7 Å². The lowest BCUT2D eigenvalue weighted by Gasteiger charge is -2.09. The van der Waals surface area contributed by atoms with Crippen molar-refractivity contribution in [3.8, 4) is 17.1 Å². The Morgan fingerprint density at radius 1 is 1.00 bits per heavy atom. The molecular weight excluding hydrogens is 329 g/mol. The monoisotopic (exact) mass is 337 g/mol. The van der Waals surface area contributed by atoms with Gasteiger partial charge in [0.2, 0.25) is 0 Å². The van der Waals surface area contributed by atoms with Gasteiger partial charge in [-0.05, 0) is 36.8 Å². The molecular formula is C15H10Cl3N3. The van der Waals surface area contributed by atoms with E-state index in [1.807, 2.05) is 37.3 Å². The number of aromatic nitrogens is 3. The van der Waals surface area contributed by atoms with Crippen molar-refractivity contribution in [2.75, 3.05) is 0 Å². The number of nitrogens with zero attached hydrogens (tertiary/aromatic N) is 3. The Kier molecular flexibility index (Phi) is 3.89. The first-order chi connectivity index (χ1) is 10.1. The number of hydrogen-bond donors (Lipinski definition) is 0. The zero-order chi connectivity index (χ0) is 15.0. The van der Waals surface area contributed by atoms with Crippen molar-refractivity contribution < 1.29 is 0 Å². The summed E-state index contributed by atoms with van der Waals surface area (Å²) in [6, 6.07) is 11.1. The lowest BCUT2D eigenvalue weighted by molar-refractivity contribution is 0.886. The minimum Gasteiger partial charge on any atom is -0.215 e. The fourth-order valence-electron chi connectivity index (χ4n) is 2.00. The third-order valence-corrected chi connectivity index (χ3v) is 4.37. The van der Waals surface area contributed by atoms with E-state index in [-0.39, 0.29) is 0 Å². The smallest absolute Gasteiger partial charge is 0.164 e. The Morgan fingerprint density at radius 2 is 1.81 bits per heavy atom. The molecule has 0 radical (unpaired) electrons. The highest BCUT2D eigenvalue weighted by Gasteiger charge is 2.14. The van der Waals surface area contributed by atoms with E-state index in [1.165, 1.54) is 6.33 Å². The van der Waals surface area contributed by atoms with E-state index in [2.05, 4.69) is 10.1 Å². The highest BCUT2D eigenvalue weighted by molar-refractivity contribution is 6.43. The molecule has 0 aliphatic rings. The summed E-state index contributed by atoms with van der Waals surface area (Å²) in [5, 5.41) is 5.85. The fraction of sp³-hybridized carbons (Fsp3) is 0.0667. The second kappa shape index (κ2) is 5.68. The van der Waals surface area contributed by atoms with E-state index in [9.17, 15) is 0 Å². The summed E-state index contributed by atoms with van der Waals surface area (Å²) in [7, 11) is 0. The van der Waals surface area contributed by atoms with Gasteiger partial charge in [-0.3, -0.25) is 0 Å². The summed E-state index contributed by atoms with van der Waals surface area (Å²) in [5.74, 6) is 0.613. The Morgan fingerprint density at radius 3 is 2.57 bits per heavy atom. The van der Waals surface area contributed by atoms with Crippen molar-refractivity contribution in [3.63, 3.8) is 0 Å².